The number of carbonyl (C=O) groups excluding carboxylic acids is 1. The van der Waals surface area contributed by atoms with Gasteiger partial charge in [0.1, 0.15) is 17.4 Å². The average Bonchev–Trinajstić information content (AvgIpc) is 2.51. The van der Waals surface area contributed by atoms with Gasteiger partial charge in [-0.2, -0.15) is 0 Å². The summed E-state index contributed by atoms with van der Waals surface area (Å²) in [5.41, 5.74) is 6.39. The number of halogens is 1. The van der Waals surface area contributed by atoms with Crippen LogP contribution in [-0.2, 0) is 4.79 Å². The fraction of sp³-hybridized carbons (Fsp3) is 0.429. The quantitative estimate of drug-likeness (QED) is 0.618. The number of amidine groups is 1. The average molecular weight is 327 g/mol. The Morgan fingerprint density at radius 2 is 2.00 bits per heavy atom. The van der Waals surface area contributed by atoms with Gasteiger partial charge in [-0.05, 0) is 0 Å². The third-order valence-electron chi connectivity index (χ3n) is 3.14. The molecule has 0 bridgehead atoms. The number of Topliss-reactive ketones (excluding diaryl/α,β-unsaturated/α-hetero) is 1. The van der Waals surface area contributed by atoms with Crippen molar-refractivity contribution in [2.24, 2.45) is 4.99 Å². The third-order valence-corrected chi connectivity index (χ3v) is 3.14. The summed E-state index contributed by atoms with van der Waals surface area (Å²) in [4.78, 5) is 15.7. The van der Waals surface area contributed by atoms with Crippen molar-refractivity contribution in [1.29, 1.82) is 0 Å². The number of hydrogen-bond donors (Lipinski definition) is 3. The summed E-state index contributed by atoms with van der Waals surface area (Å²) in [5.74, 6) is 1.87. The van der Waals surface area contributed by atoms with Gasteiger partial charge in [0.25, 0.3) is 0 Å². The van der Waals surface area contributed by atoms with Gasteiger partial charge in [0.05, 0.1) is 6.54 Å². The van der Waals surface area contributed by atoms with Crippen molar-refractivity contribution in [2.75, 3.05) is 26.2 Å². The van der Waals surface area contributed by atoms with Gasteiger partial charge in [-0.25, -0.2) is 5.01 Å². The number of hydrazine groups is 3. The molecule has 0 unspecified atom stereocenters. The van der Waals surface area contributed by atoms with Crippen LogP contribution >= 0.6 is 12.4 Å². The summed E-state index contributed by atoms with van der Waals surface area (Å²) < 4.78 is 0. The standard InChI is InChI=1S/C14H22N6O.ClH/c1-3-7-15-13-11-14(16-8-4-2)18-20(17-13)19-9-5-12(21)6-10-19;/h3-4,11,15,17H,1-2,5-10H2,(H,16,18);1H. The van der Waals surface area contributed by atoms with Gasteiger partial charge in [-0.3, -0.25) is 20.6 Å². The molecule has 0 radical (unpaired) electrons. The van der Waals surface area contributed by atoms with E-state index in [1.807, 2.05) is 11.1 Å². The lowest BCUT2D eigenvalue weighted by Gasteiger charge is -2.40. The molecule has 2 rings (SSSR count). The number of nitrogens with zero attached hydrogens (tertiary/aromatic N) is 3. The summed E-state index contributed by atoms with van der Waals surface area (Å²) in [7, 11) is 0. The predicted molar refractivity (Wildman–Crippen MR) is 90.0 cm³/mol. The Hall–Kier alpha value is -1.83. The predicted octanol–water partition coefficient (Wildman–Crippen LogP) is 0.514. The van der Waals surface area contributed by atoms with Crippen molar-refractivity contribution >= 4 is 24.0 Å². The number of hydrogen-bond acceptors (Lipinski definition) is 6. The smallest absolute Gasteiger partial charge is 0.142 e. The summed E-state index contributed by atoms with van der Waals surface area (Å²) in [6.07, 6.45) is 6.55. The van der Waals surface area contributed by atoms with Gasteiger partial charge in [-0.15, -0.1) is 25.6 Å². The lowest BCUT2D eigenvalue weighted by atomic mass is 10.1. The topological polar surface area (TPSA) is 72.0 Å². The molecule has 0 aromatic heterocycles. The molecule has 2 aliphatic heterocycles. The van der Waals surface area contributed by atoms with Crippen molar-refractivity contribution in [3.8, 4) is 0 Å². The van der Waals surface area contributed by atoms with E-state index in [2.05, 4.69) is 34.3 Å². The Balaban J connectivity index is 0.00000242. The molecule has 0 spiro atoms. The fourth-order valence-electron chi connectivity index (χ4n) is 2.05. The van der Waals surface area contributed by atoms with E-state index >= 15 is 0 Å². The molecular formula is C14H23ClN6O. The minimum absolute atomic E-state index is 0. The lowest BCUT2D eigenvalue weighted by molar-refractivity contribution is -0.135. The maximum Gasteiger partial charge on any atom is 0.142 e. The summed E-state index contributed by atoms with van der Waals surface area (Å²) >= 11 is 0. The van der Waals surface area contributed by atoms with E-state index in [1.54, 1.807) is 17.4 Å². The molecule has 0 amide bonds. The van der Waals surface area contributed by atoms with Gasteiger partial charge in [0.2, 0.25) is 0 Å². The zero-order valence-corrected chi connectivity index (χ0v) is 13.4. The van der Waals surface area contributed by atoms with Crippen LogP contribution < -0.4 is 16.2 Å². The Bertz CT molecular complexity index is 466. The van der Waals surface area contributed by atoms with Crippen molar-refractivity contribution < 1.29 is 4.79 Å². The maximum atomic E-state index is 11.3. The Labute approximate surface area is 137 Å². The van der Waals surface area contributed by atoms with Crippen LogP contribution in [0.3, 0.4) is 0 Å². The molecule has 22 heavy (non-hydrogen) atoms. The number of ketones is 1. The Kier molecular flexibility index (Phi) is 7.65. The van der Waals surface area contributed by atoms with Gasteiger partial charge in [0, 0.05) is 38.6 Å². The van der Waals surface area contributed by atoms with E-state index < -0.39 is 0 Å². The SMILES string of the molecule is C=CCN=C1C=C(NCC=C)NN(N2CCC(=O)CC2)N1.Cl. The number of nitrogens with one attached hydrogen (secondary N) is 3. The van der Waals surface area contributed by atoms with Crippen LogP contribution in [-0.4, -0.2) is 48.0 Å². The van der Waals surface area contributed by atoms with Gasteiger partial charge in [0.15, 0.2) is 0 Å². The van der Waals surface area contributed by atoms with E-state index in [0.717, 1.165) is 11.7 Å². The summed E-state index contributed by atoms with van der Waals surface area (Å²) in [6.45, 7) is 9.92. The second-order valence-electron chi connectivity index (χ2n) is 4.77. The molecule has 0 atom stereocenters. The molecular weight excluding hydrogens is 304 g/mol. The van der Waals surface area contributed by atoms with Crippen molar-refractivity contribution in [3.63, 3.8) is 0 Å². The highest BCUT2D eigenvalue weighted by Crippen LogP contribution is 2.08. The van der Waals surface area contributed by atoms with Crippen LogP contribution in [0.5, 0.6) is 0 Å². The molecule has 0 aromatic carbocycles. The zero-order chi connectivity index (χ0) is 15.1. The monoisotopic (exact) mass is 326 g/mol. The van der Waals surface area contributed by atoms with E-state index in [1.165, 1.54) is 0 Å². The van der Waals surface area contributed by atoms with Gasteiger partial charge < -0.3 is 5.32 Å². The van der Waals surface area contributed by atoms with Crippen LogP contribution in [0.2, 0.25) is 0 Å². The molecule has 0 aliphatic carbocycles. The zero-order valence-electron chi connectivity index (χ0n) is 12.5. The Morgan fingerprint density at radius 1 is 1.27 bits per heavy atom. The summed E-state index contributed by atoms with van der Waals surface area (Å²) in [5, 5.41) is 7.03. The van der Waals surface area contributed by atoms with Crippen LogP contribution in [0.4, 0.5) is 0 Å². The van der Waals surface area contributed by atoms with Gasteiger partial charge in [-0.1, -0.05) is 17.4 Å². The van der Waals surface area contributed by atoms with E-state index in [-0.39, 0.29) is 12.4 Å². The van der Waals surface area contributed by atoms with Gasteiger partial charge >= 0.3 is 0 Å². The van der Waals surface area contributed by atoms with Crippen LogP contribution in [0.15, 0.2) is 42.2 Å². The normalized spacial score (nSPS) is 21.2. The third kappa shape index (κ3) is 5.18. The number of carbonyl (C=O) groups is 1. The van der Waals surface area contributed by atoms with Crippen molar-refractivity contribution in [2.45, 2.75) is 12.8 Å². The first kappa shape index (κ1) is 18.2. The fourth-order valence-corrected chi connectivity index (χ4v) is 2.05. The maximum absolute atomic E-state index is 11.3. The van der Waals surface area contributed by atoms with Crippen LogP contribution in [0, 0.1) is 0 Å². The highest BCUT2D eigenvalue weighted by molar-refractivity contribution is 5.93. The molecule has 122 valence electrons. The molecule has 1 fully saturated rings. The van der Waals surface area contributed by atoms with E-state index in [0.29, 0.717) is 44.8 Å². The molecule has 2 aliphatic rings. The highest BCUT2D eigenvalue weighted by Gasteiger charge is 2.25. The molecule has 8 heteroatoms. The first-order valence-electron chi connectivity index (χ1n) is 7.04. The van der Waals surface area contributed by atoms with Crippen molar-refractivity contribution in [1.82, 2.24) is 26.4 Å². The molecule has 2 heterocycles. The van der Waals surface area contributed by atoms with Crippen LogP contribution in [0.1, 0.15) is 12.8 Å². The number of aliphatic imine (C=N–C) groups is 1. The number of piperidine rings is 1. The molecule has 7 nitrogen and oxygen atoms in total. The second-order valence-corrected chi connectivity index (χ2v) is 4.77. The minimum Gasteiger partial charge on any atom is -0.367 e. The number of rotatable bonds is 6. The largest absolute Gasteiger partial charge is 0.367 e. The summed E-state index contributed by atoms with van der Waals surface area (Å²) in [6, 6.07) is 0. The highest BCUT2D eigenvalue weighted by atomic mass is 35.5. The second kappa shape index (κ2) is 9.24. The Morgan fingerprint density at radius 3 is 2.64 bits per heavy atom. The molecule has 0 saturated carbocycles. The first-order valence-corrected chi connectivity index (χ1v) is 7.04. The molecule has 3 N–H and O–H groups in total. The molecule has 1 saturated heterocycles. The molecule has 0 aromatic rings. The van der Waals surface area contributed by atoms with E-state index in [9.17, 15) is 4.79 Å². The minimum atomic E-state index is 0. The van der Waals surface area contributed by atoms with E-state index in [4.69, 9.17) is 0 Å². The lowest BCUT2D eigenvalue weighted by Crippen LogP contribution is -2.64. The van der Waals surface area contributed by atoms with Crippen molar-refractivity contribution in [3.05, 3.63) is 37.2 Å². The van der Waals surface area contributed by atoms with Crippen LogP contribution in [0.25, 0.3) is 0 Å². The first-order chi connectivity index (χ1) is 10.2.